The second-order valence-electron chi connectivity index (χ2n) is 5.51. The number of aromatic nitrogens is 3. The van der Waals surface area contributed by atoms with Gasteiger partial charge in [-0.1, -0.05) is 30.8 Å². The van der Waals surface area contributed by atoms with Gasteiger partial charge in [-0.15, -0.1) is 0 Å². The maximum Gasteiger partial charge on any atom is 0.258 e. The lowest BCUT2D eigenvalue weighted by Gasteiger charge is -2.27. The Morgan fingerprint density at radius 2 is 2.00 bits per heavy atom. The minimum Gasteiger partial charge on any atom is -0.384 e. The maximum atomic E-state index is 5.80. The van der Waals surface area contributed by atoms with E-state index in [9.17, 15) is 0 Å². The highest BCUT2D eigenvalue weighted by Gasteiger charge is 2.37. The molecule has 2 N–H and O–H groups in total. The molecule has 0 unspecified atom stereocenters. The van der Waals surface area contributed by atoms with Crippen molar-refractivity contribution < 1.29 is 9.26 Å². The molecule has 0 aromatic carbocycles. The summed E-state index contributed by atoms with van der Waals surface area (Å²) in [6.45, 7) is 0. The van der Waals surface area contributed by atoms with Crippen LogP contribution in [0.15, 0.2) is 22.9 Å². The highest BCUT2D eigenvalue weighted by molar-refractivity contribution is 5.56. The van der Waals surface area contributed by atoms with Crippen LogP contribution in [-0.4, -0.2) is 22.2 Å². The first kappa shape index (κ1) is 14.0. The Morgan fingerprint density at radius 1 is 1.24 bits per heavy atom. The van der Waals surface area contributed by atoms with Gasteiger partial charge in [0.25, 0.3) is 5.89 Å². The zero-order valence-corrected chi connectivity index (χ0v) is 12.2. The minimum atomic E-state index is -0.420. The SMILES string of the molecule is COC1(c2noc(-c3ccnc(N)c3)n2)CCCCCC1. The Balaban J connectivity index is 1.92. The molecule has 112 valence electrons. The first-order chi connectivity index (χ1) is 10.2. The molecule has 3 rings (SSSR count). The first-order valence-electron chi connectivity index (χ1n) is 7.35. The van der Waals surface area contributed by atoms with Gasteiger partial charge in [0.05, 0.1) is 0 Å². The van der Waals surface area contributed by atoms with Gasteiger partial charge in [-0.05, 0) is 25.0 Å². The third kappa shape index (κ3) is 2.76. The lowest BCUT2D eigenvalue weighted by atomic mass is 9.93. The van der Waals surface area contributed by atoms with Gasteiger partial charge in [-0.25, -0.2) is 4.98 Å². The van der Waals surface area contributed by atoms with Crippen molar-refractivity contribution in [2.24, 2.45) is 0 Å². The normalized spacial score (nSPS) is 18.3. The van der Waals surface area contributed by atoms with Crippen LogP contribution >= 0.6 is 0 Å². The second kappa shape index (κ2) is 5.81. The Morgan fingerprint density at radius 3 is 2.67 bits per heavy atom. The monoisotopic (exact) mass is 288 g/mol. The standard InChI is InChI=1S/C15H20N4O2/c1-20-15(7-4-2-3-5-8-15)14-18-13(21-19-14)11-6-9-17-12(16)10-11/h6,9-10H,2-5,7-8H2,1H3,(H2,16,17). The number of hydrogen-bond donors (Lipinski definition) is 1. The molecule has 0 amide bonds. The lowest BCUT2D eigenvalue weighted by molar-refractivity contribution is -0.0365. The number of pyridine rings is 1. The molecule has 0 aliphatic heterocycles. The fraction of sp³-hybridized carbons (Fsp3) is 0.533. The van der Waals surface area contributed by atoms with Crippen molar-refractivity contribution >= 4 is 5.82 Å². The summed E-state index contributed by atoms with van der Waals surface area (Å²) in [5, 5.41) is 4.16. The maximum absolute atomic E-state index is 5.80. The molecule has 21 heavy (non-hydrogen) atoms. The van der Waals surface area contributed by atoms with Crippen molar-refractivity contribution in [3.8, 4) is 11.5 Å². The summed E-state index contributed by atoms with van der Waals surface area (Å²) >= 11 is 0. The van der Waals surface area contributed by atoms with Gasteiger partial charge in [0.15, 0.2) is 0 Å². The van der Waals surface area contributed by atoms with Crippen LogP contribution in [0, 0.1) is 0 Å². The smallest absolute Gasteiger partial charge is 0.258 e. The van der Waals surface area contributed by atoms with Gasteiger partial charge in [-0.3, -0.25) is 0 Å². The fourth-order valence-corrected chi connectivity index (χ4v) is 2.93. The van der Waals surface area contributed by atoms with E-state index in [-0.39, 0.29) is 0 Å². The van der Waals surface area contributed by atoms with Crippen LogP contribution in [-0.2, 0) is 10.3 Å². The minimum absolute atomic E-state index is 0.420. The molecule has 2 aromatic heterocycles. The Labute approximate surface area is 123 Å². The van der Waals surface area contributed by atoms with E-state index >= 15 is 0 Å². The Hall–Kier alpha value is -1.95. The van der Waals surface area contributed by atoms with Crippen LogP contribution in [0.3, 0.4) is 0 Å². The summed E-state index contributed by atoms with van der Waals surface area (Å²) in [6.07, 6.45) is 8.21. The number of rotatable bonds is 3. The molecular formula is C15H20N4O2. The molecule has 2 aromatic rings. The zero-order chi connectivity index (χ0) is 14.7. The van der Waals surface area contributed by atoms with E-state index in [4.69, 9.17) is 15.0 Å². The molecule has 1 fully saturated rings. The molecule has 1 aliphatic rings. The van der Waals surface area contributed by atoms with Gasteiger partial charge in [-0.2, -0.15) is 4.98 Å². The van der Waals surface area contributed by atoms with E-state index in [1.165, 1.54) is 12.8 Å². The summed E-state index contributed by atoms with van der Waals surface area (Å²) in [4.78, 5) is 8.51. The number of methoxy groups -OCH3 is 1. The van der Waals surface area contributed by atoms with Gasteiger partial charge in [0, 0.05) is 18.9 Å². The molecule has 0 saturated heterocycles. The largest absolute Gasteiger partial charge is 0.384 e. The van der Waals surface area contributed by atoms with Crippen LogP contribution in [0.2, 0.25) is 0 Å². The van der Waals surface area contributed by atoms with Crippen LogP contribution in [0.4, 0.5) is 5.82 Å². The first-order valence-corrected chi connectivity index (χ1v) is 7.35. The summed E-state index contributed by atoms with van der Waals surface area (Å²) < 4.78 is 11.2. The third-order valence-corrected chi connectivity index (χ3v) is 4.16. The predicted molar refractivity (Wildman–Crippen MR) is 78.3 cm³/mol. The van der Waals surface area contributed by atoms with Crippen molar-refractivity contribution in [3.63, 3.8) is 0 Å². The summed E-state index contributed by atoms with van der Waals surface area (Å²) in [6, 6.07) is 3.53. The highest BCUT2D eigenvalue weighted by atomic mass is 16.5. The van der Waals surface area contributed by atoms with Crippen molar-refractivity contribution in [3.05, 3.63) is 24.2 Å². The predicted octanol–water partition coefficient (Wildman–Crippen LogP) is 2.91. The second-order valence-corrected chi connectivity index (χ2v) is 5.51. The van der Waals surface area contributed by atoms with Crippen molar-refractivity contribution in [1.82, 2.24) is 15.1 Å². The van der Waals surface area contributed by atoms with Crippen molar-refractivity contribution in [1.29, 1.82) is 0 Å². The molecule has 0 spiro atoms. The number of nitrogens with two attached hydrogens (primary N) is 1. The molecule has 0 atom stereocenters. The summed E-state index contributed by atoms with van der Waals surface area (Å²) in [5.41, 5.74) is 6.05. The Bertz CT molecular complexity index is 603. The highest BCUT2D eigenvalue weighted by Crippen LogP contribution is 2.38. The topological polar surface area (TPSA) is 87.1 Å². The van der Waals surface area contributed by atoms with Crippen LogP contribution in [0.5, 0.6) is 0 Å². The van der Waals surface area contributed by atoms with E-state index in [1.54, 1.807) is 25.4 Å². The Kier molecular flexibility index (Phi) is 3.88. The zero-order valence-electron chi connectivity index (χ0n) is 12.2. The van der Waals surface area contributed by atoms with E-state index in [0.717, 1.165) is 31.2 Å². The summed E-state index contributed by atoms with van der Waals surface area (Å²) in [7, 11) is 1.73. The molecule has 0 bridgehead atoms. The van der Waals surface area contributed by atoms with Gasteiger partial charge >= 0.3 is 0 Å². The average Bonchev–Trinajstić information content (AvgIpc) is 2.87. The van der Waals surface area contributed by atoms with E-state index < -0.39 is 5.60 Å². The average molecular weight is 288 g/mol. The van der Waals surface area contributed by atoms with Crippen molar-refractivity contribution in [2.75, 3.05) is 12.8 Å². The summed E-state index contributed by atoms with van der Waals surface area (Å²) in [5.74, 6) is 1.53. The van der Waals surface area contributed by atoms with Crippen LogP contribution < -0.4 is 5.73 Å². The number of hydrogen-bond acceptors (Lipinski definition) is 6. The van der Waals surface area contributed by atoms with Crippen LogP contribution in [0.1, 0.15) is 44.3 Å². The molecule has 1 aliphatic carbocycles. The van der Waals surface area contributed by atoms with E-state index in [1.807, 2.05) is 0 Å². The molecule has 6 nitrogen and oxygen atoms in total. The molecule has 2 heterocycles. The lowest BCUT2D eigenvalue weighted by Crippen LogP contribution is -2.29. The van der Waals surface area contributed by atoms with Gasteiger partial charge < -0.3 is 15.0 Å². The van der Waals surface area contributed by atoms with Crippen molar-refractivity contribution in [2.45, 2.75) is 44.1 Å². The van der Waals surface area contributed by atoms with Crippen LogP contribution in [0.25, 0.3) is 11.5 Å². The molecule has 6 heteroatoms. The fourth-order valence-electron chi connectivity index (χ4n) is 2.93. The number of nitrogen functional groups attached to an aromatic ring is 1. The molecule has 1 saturated carbocycles. The third-order valence-electron chi connectivity index (χ3n) is 4.16. The number of ether oxygens (including phenoxy) is 1. The van der Waals surface area contributed by atoms with Gasteiger partial charge in [0.2, 0.25) is 5.82 Å². The molecule has 0 radical (unpaired) electrons. The number of anilines is 1. The quantitative estimate of drug-likeness (QED) is 0.874. The van der Waals surface area contributed by atoms with E-state index in [0.29, 0.717) is 17.5 Å². The van der Waals surface area contributed by atoms with E-state index in [2.05, 4.69) is 15.1 Å². The van der Waals surface area contributed by atoms with Gasteiger partial charge in [0.1, 0.15) is 11.4 Å². The molecular weight excluding hydrogens is 268 g/mol. The number of nitrogens with zero attached hydrogens (tertiary/aromatic N) is 3.